The SMILES string of the molecule is C=CNc1nccc(C(C)C)c1C. The predicted molar refractivity (Wildman–Crippen MR) is 56.9 cm³/mol. The Balaban J connectivity index is 3.10. The fourth-order valence-electron chi connectivity index (χ4n) is 1.42. The van der Waals surface area contributed by atoms with E-state index in [-0.39, 0.29) is 0 Å². The molecule has 0 bridgehead atoms. The molecule has 2 nitrogen and oxygen atoms in total. The minimum Gasteiger partial charge on any atom is -0.347 e. The van der Waals surface area contributed by atoms with Gasteiger partial charge in [-0.25, -0.2) is 4.98 Å². The Morgan fingerprint density at radius 1 is 1.54 bits per heavy atom. The van der Waals surface area contributed by atoms with Crippen LogP contribution in [-0.2, 0) is 0 Å². The van der Waals surface area contributed by atoms with Crippen molar-refractivity contribution >= 4 is 5.82 Å². The van der Waals surface area contributed by atoms with Crippen molar-refractivity contribution in [3.63, 3.8) is 0 Å². The predicted octanol–water partition coefficient (Wildman–Crippen LogP) is 3.07. The van der Waals surface area contributed by atoms with Crippen LogP contribution in [0.2, 0.25) is 0 Å². The first-order chi connectivity index (χ1) is 6.16. The number of anilines is 1. The van der Waals surface area contributed by atoms with E-state index < -0.39 is 0 Å². The standard InChI is InChI=1S/C11H16N2/c1-5-12-11-9(4)10(8(2)3)6-7-13-11/h5-8H,1H2,2-4H3,(H,12,13). The summed E-state index contributed by atoms with van der Waals surface area (Å²) in [4.78, 5) is 4.23. The lowest BCUT2D eigenvalue weighted by molar-refractivity contribution is 0.853. The van der Waals surface area contributed by atoms with Crippen LogP contribution in [0.4, 0.5) is 5.82 Å². The largest absolute Gasteiger partial charge is 0.347 e. The van der Waals surface area contributed by atoms with Gasteiger partial charge in [-0.05, 0) is 36.2 Å². The van der Waals surface area contributed by atoms with E-state index in [9.17, 15) is 0 Å². The van der Waals surface area contributed by atoms with Crippen molar-refractivity contribution in [3.05, 3.63) is 36.2 Å². The Morgan fingerprint density at radius 2 is 2.23 bits per heavy atom. The number of nitrogens with one attached hydrogen (secondary N) is 1. The van der Waals surface area contributed by atoms with Gasteiger partial charge in [0.15, 0.2) is 0 Å². The number of pyridine rings is 1. The highest BCUT2D eigenvalue weighted by molar-refractivity contribution is 5.49. The molecular formula is C11H16N2. The number of nitrogens with zero attached hydrogens (tertiary/aromatic N) is 1. The molecule has 0 saturated heterocycles. The highest BCUT2D eigenvalue weighted by atomic mass is 15.0. The van der Waals surface area contributed by atoms with E-state index in [1.807, 2.05) is 6.20 Å². The van der Waals surface area contributed by atoms with Crippen molar-refractivity contribution < 1.29 is 0 Å². The summed E-state index contributed by atoms with van der Waals surface area (Å²) in [6.45, 7) is 10.1. The van der Waals surface area contributed by atoms with Crippen LogP contribution in [0, 0.1) is 6.92 Å². The van der Waals surface area contributed by atoms with Crippen molar-refractivity contribution in [3.8, 4) is 0 Å². The molecule has 0 aromatic carbocycles. The van der Waals surface area contributed by atoms with Gasteiger partial charge in [0.05, 0.1) is 0 Å². The fraction of sp³-hybridized carbons (Fsp3) is 0.364. The third-order valence-electron chi connectivity index (χ3n) is 2.11. The third-order valence-corrected chi connectivity index (χ3v) is 2.11. The Hall–Kier alpha value is -1.31. The molecule has 1 rings (SSSR count). The molecule has 70 valence electrons. The van der Waals surface area contributed by atoms with Gasteiger partial charge in [-0.1, -0.05) is 20.4 Å². The molecule has 0 amide bonds. The minimum atomic E-state index is 0.536. The summed E-state index contributed by atoms with van der Waals surface area (Å²) in [7, 11) is 0. The molecule has 0 aliphatic heterocycles. The van der Waals surface area contributed by atoms with Crippen LogP contribution in [0.1, 0.15) is 30.9 Å². The molecule has 1 heterocycles. The molecular weight excluding hydrogens is 160 g/mol. The van der Waals surface area contributed by atoms with Gasteiger partial charge in [-0.15, -0.1) is 0 Å². The number of rotatable bonds is 3. The van der Waals surface area contributed by atoms with Crippen LogP contribution < -0.4 is 5.32 Å². The molecule has 0 unspecified atom stereocenters. The number of hydrogen-bond donors (Lipinski definition) is 1. The van der Waals surface area contributed by atoms with Crippen molar-refractivity contribution in [1.82, 2.24) is 4.98 Å². The van der Waals surface area contributed by atoms with Gasteiger partial charge in [-0.2, -0.15) is 0 Å². The summed E-state index contributed by atoms with van der Waals surface area (Å²) in [5, 5.41) is 3.02. The van der Waals surface area contributed by atoms with Crippen LogP contribution in [0.15, 0.2) is 25.0 Å². The first-order valence-corrected chi connectivity index (χ1v) is 4.49. The van der Waals surface area contributed by atoms with Gasteiger partial charge >= 0.3 is 0 Å². The Bertz CT molecular complexity index is 303. The van der Waals surface area contributed by atoms with Crippen molar-refractivity contribution in [2.24, 2.45) is 0 Å². The molecule has 0 saturated carbocycles. The molecule has 0 aliphatic carbocycles. The van der Waals surface area contributed by atoms with E-state index >= 15 is 0 Å². The average molecular weight is 176 g/mol. The van der Waals surface area contributed by atoms with E-state index in [2.05, 4.69) is 43.7 Å². The van der Waals surface area contributed by atoms with E-state index in [4.69, 9.17) is 0 Å². The molecule has 1 N–H and O–H groups in total. The first-order valence-electron chi connectivity index (χ1n) is 4.49. The van der Waals surface area contributed by atoms with Crippen molar-refractivity contribution in [2.75, 3.05) is 5.32 Å². The first kappa shape index (κ1) is 9.78. The van der Waals surface area contributed by atoms with E-state index in [1.54, 1.807) is 6.20 Å². The third kappa shape index (κ3) is 2.08. The van der Waals surface area contributed by atoms with Crippen LogP contribution in [0.3, 0.4) is 0 Å². The second kappa shape index (κ2) is 4.08. The molecule has 1 aromatic rings. The van der Waals surface area contributed by atoms with E-state index in [0.717, 1.165) is 5.82 Å². The Labute approximate surface area is 79.7 Å². The lowest BCUT2D eigenvalue weighted by Crippen LogP contribution is -1.99. The molecule has 0 fully saturated rings. The highest BCUT2D eigenvalue weighted by Crippen LogP contribution is 2.22. The average Bonchev–Trinajstić information content (AvgIpc) is 2.08. The highest BCUT2D eigenvalue weighted by Gasteiger charge is 2.06. The lowest BCUT2D eigenvalue weighted by atomic mass is 9.99. The topological polar surface area (TPSA) is 24.9 Å². The van der Waals surface area contributed by atoms with E-state index in [1.165, 1.54) is 11.1 Å². The molecule has 1 aromatic heterocycles. The molecule has 0 aliphatic rings. The summed E-state index contributed by atoms with van der Waals surface area (Å²) in [6.07, 6.45) is 3.48. The Kier molecular flexibility index (Phi) is 3.07. The summed E-state index contributed by atoms with van der Waals surface area (Å²) in [5.41, 5.74) is 2.54. The summed E-state index contributed by atoms with van der Waals surface area (Å²) in [6, 6.07) is 2.06. The molecule has 0 spiro atoms. The van der Waals surface area contributed by atoms with Crippen LogP contribution in [0.5, 0.6) is 0 Å². The van der Waals surface area contributed by atoms with Crippen LogP contribution in [-0.4, -0.2) is 4.98 Å². The minimum absolute atomic E-state index is 0.536. The van der Waals surface area contributed by atoms with Crippen LogP contribution in [0.25, 0.3) is 0 Å². The second-order valence-electron chi connectivity index (χ2n) is 3.38. The zero-order valence-corrected chi connectivity index (χ0v) is 8.46. The monoisotopic (exact) mass is 176 g/mol. The Morgan fingerprint density at radius 3 is 2.77 bits per heavy atom. The van der Waals surface area contributed by atoms with Crippen LogP contribution >= 0.6 is 0 Å². The second-order valence-corrected chi connectivity index (χ2v) is 3.38. The summed E-state index contributed by atoms with van der Waals surface area (Å²) in [5.74, 6) is 1.44. The summed E-state index contributed by atoms with van der Waals surface area (Å²) < 4.78 is 0. The van der Waals surface area contributed by atoms with Gasteiger partial charge in [0, 0.05) is 6.20 Å². The maximum absolute atomic E-state index is 4.23. The zero-order valence-electron chi connectivity index (χ0n) is 8.46. The number of aromatic nitrogens is 1. The van der Waals surface area contributed by atoms with Gasteiger partial charge in [-0.3, -0.25) is 0 Å². The van der Waals surface area contributed by atoms with Crippen molar-refractivity contribution in [1.29, 1.82) is 0 Å². The van der Waals surface area contributed by atoms with E-state index in [0.29, 0.717) is 5.92 Å². The van der Waals surface area contributed by atoms with Gasteiger partial charge in [0.2, 0.25) is 0 Å². The smallest absolute Gasteiger partial charge is 0.133 e. The molecule has 0 radical (unpaired) electrons. The zero-order chi connectivity index (χ0) is 9.84. The summed E-state index contributed by atoms with van der Waals surface area (Å²) >= 11 is 0. The van der Waals surface area contributed by atoms with Gasteiger partial charge < -0.3 is 5.32 Å². The quantitative estimate of drug-likeness (QED) is 0.765. The van der Waals surface area contributed by atoms with Gasteiger partial charge in [0.1, 0.15) is 5.82 Å². The maximum atomic E-state index is 4.23. The number of hydrogen-bond acceptors (Lipinski definition) is 2. The van der Waals surface area contributed by atoms with Crippen molar-refractivity contribution in [2.45, 2.75) is 26.7 Å². The maximum Gasteiger partial charge on any atom is 0.133 e. The van der Waals surface area contributed by atoms with Gasteiger partial charge in [0.25, 0.3) is 0 Å². The lowest BCUT2D eigenvalue weighted by Gasteiger charge is -2.12. The molecule has 13 heavy (non-hydrogen) atoms. The molecule has 0 atom stereocenters. The molecule has 2 heteroatoms. The fourth-order valence-corrected chi connectivity index (χ4v) is 1.42. The normalized spacial score (nSPS) is 10.2.